The van der Waals surface area contributed by atoms with E-state index in [0.717, 1.165) is 24.4 Å². The van der Waals surface area contributed by atoms with Crippen LogP contribution in [0, 0.1) is 11.8 Å². The number of rotatable bonds is 6. The highest BCUT2D eigenvalue weighted by Crippen LogP contribution is 2.48. The summed E-state index contributed by atoms with van der Waals surface area (Å²) < 4.78 is 0. The number of hydrogen-bond donors (Lipinski definition) is 1. The highest BCUT2D eigenvalue weighted by molar-refractivity contribution is 5.46. The summed E-state index contributed by atoms with van der Waals surface area (Å²) >= 11 is 0. The van der Waals surface area contributed by atoms with Crippen molar-refractivity contribution >= 4 is 5.69 Å². The van der Waals surface area contributed by atoms with E-state index in [1.807, 2.05) is 0 Å². The summed E-state index contributed by atoms with van der Waals surface area (Å²) in [7, 11) is 0. The molecule has 1 N–H and O–H groups in total. The highest BCUT2D eigenvalue weighted by Gasteiger charge is 2.40. The number of nitrogens with zero attached hydrogens (tertiary/aromatic N) is 1. The summed E-state index contributed by atoms with van der Waals surface area (Å²) in [5.74, 6) is 2.41. The molecule has 3 atom stereocenters. The van der Waals surface area contributed by atoms with Gasteiger partial charge >= 0.3 is 0 Å². The lowest BCUT2D eigenvalue weighted by molar-refractivity contribution is 0.256. The molecular weight excluding hydrogens is 256 g/mol. The van der Waals surface area contributed by atoms with Crippen LogP contribution in [0.3, 0.4) is 0 Å². The maximum absolute atomic E-state index is 3.50. The molecule has 1 aliphatic heterocycles. The molecule has 0 unspecified atom stereocenters. The van der Waals surface area contributed by atoms with Gasteiger partial charge in [-0.05, 0) is 68.2 Å². The molecule has 0 bridgehead atoms. The summed E-state index contributed by atoms with van der Waals surface area (Å²) in [4.78, 5) is 2.70. The zero-order valence-corrected chi connectivity index (χ0v) is 13.8. The lowest BCUT2D eigenvalue weighted by Gasteiger charge is -2.20. The Bertz CT molecular complexity index is 451. The zero-order chi connectivity index (χ0) is 14.8. The van der Waals surface area contributed by atoms with E-state index in [4.69, 9.17) is 0 Å². The molecule has 3 rings (SSSR count). The first-order chi connectivity index (χ1) is 10.1. The van der Waals surface area contributed by atoms with Crippen molar-refractivity contribution in [1.82, 2.24) is 4.90 Å². The van der Waals surface area contributed by atoms with E-state index in [0.29, 0.717) is 5.92 Å². The first kappa shape index (κ1) is 14.9. The number of hydrogen-bond acceptors (Lipinski definition) is 2. The van der Waals surface area contributed by atoms with Crippen molar-refractivity contribution in [3.63, 3.8) is 0 Å². The Morgan fingerprint density at radius 2 is 2.00 bits per heavy atom. The van der Waals surface area contributed by atoms with Gasteiger partial charge in [0, 0.05) is 24.8 Å². The van der Waals surface area contributed by atoms with Gasteiger partial charge in [0.2, 0.25) is 0 Å². The minimum atomic E-state index is 0.694. The fourth-order valence-electron chi connectivity index (χ4n) is 3.59. The van der Waals surface area contributed by atoms with Gasteiger partial charge in [0.15, 0.2) is 0 Å². The Kier molecular flexibility index (Phi) is 4.54. The molecule has 0 radical (unpaired) electrons. The molecule has 1 heterocycles. The highest BCUT2D eigenvalue weighted by atomic mass is 15.2. The second-order valence-electron chi connectivity index (χ2n) is 7.49. The van der Waals surface area contributed by atoms with Crippen LogP contribution in [0.1, 0.15) is 51.5 Å². The third-order valence-corrected chi connectivity index (χ3v) is 5.14. The summed E-state index contributed by atoms with van der Waals surface area (Å²) in [5.41, 5.74) is 2.81. The van der Waals surface area contributed by atoms with Gasteiger partial charge in [0.05, 0.1) is 0 Å². The van der Waals surface area contributed by atoms with Crippen molar-refractivity contribution in [3.05, 3.63) is 29.8 Å². The van der Waals surface area contributed by atoms with Gasteiger partial charge in [-0.2, -0.15) is 0 Å². The largest absolute Gasteiger partial charge is 0.385 e. The molecule has 1 saturated carbocycles. The standard InChI is InChI=1S/C19H30N2/c1-14(2)12-20-18-8-6-16(7-9-18)19-11-17(19)13-21-10-4-5-15(21)3/h6-9,14-15,17,19-20H,4-5,10-13H2,1-3H3/t15-,17+,19+/m0/s1. The number of nitrogens with one attached hydrogen (secondary N) is 1. The van der Waals surface area contributed by atoms with Gasteiger partial charge in [0.1, 0.15) is 0 Å². The van der Waals surface area contributed by atoms with Crippen LogP contribution in [0.5, 0.6) is 0 Å². The lowest BCUT2D eigenvalue weighted by atomic mass is 10.1. The number of likely N-dealkylation sites (tertiary alicyclic amines) is 1. The Labute approximate surface area is 129 Å². The molecule has 1 saturated heterocycles. The van der Waals surface area contributed by atoms with E-state index < -0.39 is 0 Å². The molecule has 116 valence electrons. The van der Waals surface area contributed by atoms with E-state index >= 15 is 0 Å². The fourth-order valence-corrected chi connectivity index (χ4v) is 3.59. The predicted molar refractivity (Wildman–Crippen MR) is 90.9 cm³/mol. The first-order valence-electron chi connectivity index (χ1n) is 8.71. The lowest BCUT2D eigenvalue weighted by Crippen LogP contribution is -2.29. The van der Waals surface area contributed by atoms with Crippen molar-refractivity contribution in [3.8, 4) is 0 Å². The van der Waals surface area contributed by atoms with Gasteiger partial charge < -0.3 is 10.2 Å². The summed E-state index contributed by atoms with van der Waals surface area (Å²) in [6.45, 7) is 10.6. The number of benzene rings is 1. The van der Waals surface area contributed by atoms with Crippen molar-refractivity contribution in [1.29, 1.82) is 0 Å². The smallest absolute Gasteiger partial charge is 0.0340 e. The molecule has 1 aromatic rings. The zero-order valence-electron chi connectivity index (χ0n) is 13.8. The van der Waals surface area contributed by atoms with Crippen LogP contribution in [0.2, 0.25) is 0 Å². The van der Waals surface area contributed by atoms with E-state index in [1.165, 1.54) is 38.0 Å². The maximum atomic E-state index is 3.50. The second kappa shape index (κ2) is 6.39. The molecule has 1 aromatic carbocycles. The average molecular weight is 286 g/mol. The van der Waals surface area contributed by atoms with Gasteiger partial charge in [-0.3, -0.25) is 0 Å². The van der Waals surface area contributed by atoms with Crippen molar-refractivity contribution in [2.24, 2.45) is 11.8 Å². The molecule has 21 heavy (non-hydrogen) atoms. The molecule has 0 aromatic heterocycles. The van der Waals surface area contributed by atoms with Gasteiger partial charge in [-0.25, -0.2) is 0 Å². The minimum Gasteiger partial charge on any atom is -0.385 e. The van der Waals surface area contributed by atoms with E-state index in [9.17, 15) is 0 Å². The molecule has 0 spiro atoms. The fraction of sp³-hybridized carbons (Fsp3) is 0.684. The van der Waals surface area contributed by atoms with Crippen molar-refractivity contribution < 1.29 is 0 Å². The maximum Gasteiger partial charge on any atom is 0.0340 e. The molecule has 1 aliphatic carbocycles. The van der Waals surface area contributed by atoms with Crippen LogP contribution in [-0.2, 0) is 0 Å². The van der Waals surface area contributed by atoms with E-state index in [-0.39, 0.29) is 0 Å². The molecular formula is C19H30N2. The molecule has 0 amide bonds. The SMILES string of the molecule is CC(C)CNc1ccc([C@H]2C[C@@H]2CN2CCC[C@@H]2C)cc1. The Balaban J connectivity index is 1.49. The third-order valence-electron chi connectivity index (χ3n) is 5.14. The van der Waals surface area contributed by atoms with Crippen molar-refractivity contribution in [2.45, 2.75) is 52.0 Å². The van der Waals surface area contributed by atoms with E-state index in [1.54, 1.807) is 5.56 Å². The quantitative estimate of drug-likeness (QED) is 0.836. The van der Waals surface area contributed by atoms with Crippen LogP contribution in [-0.4, -0.2) is 30.6 Å². The predicted octanol–water partition coefficient (Wildman–Crippen LogP) is 4.34. The van der Waals surface area contributed by atoms with Gasteiger partial charge in [0.25, 0.3) is 0 Å². The van der Waals surface area contributed by atoms with Crippen LogP contribution < -0.4 is 5.32 Å². The Morgan fingerprint density at radius 3 is 2.62 bits per heavy atom. The normalized spacial score (nSPS) is 29.0. The number of anilines is 1. The van der Waals surface area contributed by atoms with Crippen molar-refractivity contribution in [2.75, 3.05) is 25.0 Å². The van der Waals surface area contributed by atoms with Crippen LogP contribution in [0.25, 0.3) is 0 Å². The Hall–Kier alpha value is -1.02. The van der Waals surface area contributed by atoms with E-state index in [2.05, 4.69) is 55.3 Å². The first-order valence-corrected chi connectivity index (χ1v) is 8.71. The Morgan fingerprint density at radius 1 is 1.24 bits per heavy atom. The third kappa shape index (κ3) is 3.79. The van der Waals surface area contributed by atoms with Gasteiger partial charge in [-0.1, -0.05) is 26.0 Å². The molecule has 2 nitrogen and oxygen atoms in total. The summed E-state index contributed by atoms with van der Waals surface area (Å²) in [6.07, 6.45) is 4.18. The average Bonchev–Trinajstić information content (AvgIpc) is 3.12. The molecule has 2 fully saturated rings. The summed E-state index contributed by atoms with van der Waals surface area (Å²) in [6, 6.07) is 9.99. The molecule has 2 heteroatoms. The van der Waals surface area contributed by atoms with Crippen LogP contribution in [0.4, 0.5) is 5.69 Å². The van der Waals surface area contributed by atoms with Crippen LogP contribution in [0.15, 0.2) is 24.3 Å². The summed E-state index contributed by atoms with van der Waals surface area (Å²) in [5, 5.41) is 3.50. The topological polar surface area (TPSA) is 15.3 Å². The second-order valence-corrected chi connectivity index (χ2v) is 7.49. The van der Waals surface area contributed by atoms with Gasteiger partial charge in [-0.15, -0.1) is 0 Å². The van der Waals surface area contributed by atoms with Crippen LogP contribution >= 0.6 is 0 Å². The monoisotopic (exact) mass is 286 g/mol. The minimum absolute atomic E-state index is 0.694. The molecule has 2 aliphatic rings.